The highest BCUT2D eigenvalue weighted by atomic mass is 79.9. The van der Waals surface area contributed by atoms with E-state index in [2.05, 4.69) is 52.2 Å². The van der Waals surface area contributed by atoms with Gasteiger partial charge in [-0.3, -0.25) is 4.68 Å². The molecule has 0 atom stereocenters. The minimum Gasteiger partial charge on any atom is -0.267 e. The minimum atomic E-state index is 0.827. The number of halogens is 1. The first-order valence-corrected chi connectivity index (χ1v) is 5.27. The SMILES string of the molecule is Cc1cccc(Cn2cc(Br)cn2)c1. The maximum atomic E-state index is 4.21. The first kappa shape index (κ1) is 9.46. The largest absolute Gasteiger partial charge is 0.267 e. The number of rotatable bonds is 2. The predicted molar refractivity (Wildman–Crippen MR) is 60.2 cm³/mol. The Morgan fingerprint density at radius 1 is 1.43 bits per heavy atom. The van der Waals surface area contributed by atoms with Gasteiger partial charge in [-0.15, -0.1) is 0 Å². The van der Waals surface area contributed by atoms with E-state index in [1.807, 2.05) is 10.9 Å². The van der Waals surface area contributed by atoms with Crippen molar-refractivity contribution in [3.8, 4) is 0 Å². The van der Waals surface area contributed by atoms with Crippen LogP contribution in [0.15, 0.2) is 41.1 Å². The standard InChI is InChI=1S/C11H11BrN2/c1-9-3-2-4-10(5-9)7-14-8-11(12)6-13-14/h2-6,8H,7H2,1H3. The lowest BCUT2D eigenvalue weighted by atomic mass is 10.1. The fourth-order valence-electron chi connectivity index (χ4n) is 1.42. The van der Waals surface area contributed by atoms with Gasteiger partial charge in [-0.1, -0.05) is 29.8 Å². The first-order chi connectivity index (χ1) is 6.74. The van der Waals surface area contributed by atoms with Gasteiger partial charge in [0.1, 0.15) is 0 Å². The van der Waals surface area contributed by atoms with E-state index in [1.54, 1.807) is 6.20 Å². The molecule has 2 rings (SSSR count). The van der Waals surface area contributed by atoms with Crippen LogP contribution in [0.1, 0.15) is 11.1 Å². The van der Waals surface area contributed by atoms with Crippen LogP contribution in [0.25, 0.3) is 0 Å². The van der Waals surface area contributed by atoms with Crippen LogP contribution in [0.5, 0.6) is 0 Å². The van der Waals surface area contributed by atoms with Gasteiger partial charge in [0.15, 0.2) is 0 Å². The summed E-state index contributed by atoms with van der Waals surface area (Å²) in [7, 11) is 0. The third-order valence-electron chi connectivity index (χ3n) is 2.03. The summed E-state index contributed by atoms with van der Waals surface area (Å²) in [5.41, 5.74) is 2.56. The molecule has 14 heavy (non-hydrogen) atoms. The van der Waals surface area contributed by atoms with Crippen LogP contribution in [0.3, 0.4) is 0 Å². The van der Waals surface area contributed by atoms with Crippen molar-refractivity contribution in [3.63, 3.8) is 0 Å². The molecule has 0 unspecified atom stereocenters. The number of benzene rings is 1. The molecule has 72 valence electrons. The molecule has 0 aliphatic carbocycles. The Bertz CT molecular complexity index is 434. The summed E-state index contributed by atoms with van der Waals surface area (Å²) < 4.78 is 2.93. The highest BCUT2D eigenvalue weighted by molar-refractivity contribution is 9.10. The normalized spacial score (nSPS) is 10.4. The Kier molecular flexibility index (Phi) is 2.68. The fourth-order valence-corrected chi connectivity index (χ4v) is 1.75. The summed E-state index contributed by atoms with van der Waals surface area (Å²) in [5, 5.41) is 4.21. The summed E-state index contributed by atoms with van der Waals surface area (Å²) in [4.78, 5) is 0. The molecule has 0 fully saturated rings. The van der Waals surface area contributed by atoms with Crippen LogP contribution in [-0.2, 0) is 6.54 Å². The van der Waals surface area contributed by atoms with Crippen molar-refractivity contribution < 1.29 is 0 Å². The minimum absolute atomic E-state index is 0.827. The van der Waals surface area contributed by atoms with Crippen molar-refractivity contribution in [1.82, 2.24) is 9.78 Å². The van der Waals surface area contributed by atoms with Crippen LogP contribution in [0, 0.1) is 6.92 Å². The molecule has 0 N–H and O–H groups in total. The van der Waals surface area contributed by atoms with Crippen LogP contribution < -0.4 is 0 Å². The van der Waals surface area contributed by atoms with Crippen molar-refractivity contribution in [1.29, 1.82) is 0 Å². The van der Waals surface area contributed by atoms with Crippen molar-refractivity contribution in [2.75, 3.05) is 0 Å². The van der Waals surface area contributed by atoms with Gasteiger partial charge in [0.05, 0.1) is 17.2 Å². The second-order valence-corrected chi connectivity index (χ2v) is 4.26. The predicted octanol–water partition coefficient (Wildman–Crippen LogP) is 3.00. The molecule has 0 saturated carbocycles. The molecule has 0 radical (unpaired) electrons. The molecule has 1 aromatic heterocycles. The Morgan fingerprint density at radius 3 is 2.93 bits per heavy atom. The van der Waals surface area contributed by atoms with Crippen molar-refractivity contribution in [3.05, 3.63) is 52.3 Å². The van der Waals surface area contributed by atoms with Gasteiger partial charge in [0, 0.05) is 6.20 Å². The average Bonchev–Trinajstić information content (AvgIpc) is 2.51. The van der Waals surface area contributed by atoms with Gasteiger partial charge in [0.25, 0.3) is 0 Å². The number of hydrogen-bond acceptors (Lipinski definition) is 1. The van der Waals surface area contributed by atoms with E-state index < -0.39 is 0 Å². The number of aryl methyl sites for hydroxylation is 1. The second-order valence-electron chi connectivity index (χ2n) is 3.35. The zero-order chi connectivity index (χ0) is 9.97. The summed E-state index contributed by atoms with van der Waals surface area (Å²) in [6.45, 7) is 2.93. The zero-order valence-electron chi connectivity index (χ0n) is 7.94. The lowest BCUT2D eigenvalue weighted by molar-refractivity contribution is 0.686. The van der Waals surface area contributed by atoms with Gasteiger partial charge in [-0.2, -0.15) is 5.10 Å². The third kappa shape index (κ3) is 2.23. The molecular formula is C11H11BrN2. The molecule has 0 aliphatic heterocycles. The van der Waals surface area contributed by atoms with E-state index in [4.69, 9.17) is 0 Å². The third-order valence-corrected chi connectivity index (χ3v) is 2.44. The summed E-state index contributed by atoms with van der Waals surface area (Å²) >= 11 is 3.38. The smallest absolute Gasteiger partial charge is 0.0659 e. The highest BCUT2D eigenvalue weighted by Gasteiger charge is 1.97. The van der Waals surface area contributed by atoms with Crippen molar-refractivity contribution >= 4 is 15.9 Å². The maximum Gasteiger partial charge on any atom is 0.0659 e. The van der Waals surface area contributed by atoms with E-state index in [-0.39, 0.29) is 0 Å². The van der Waals surface area contributed by atoms with Gasteiger partial charge < -0.3 is 0 Å². The van der Waals surface area contributed by atoms with Crippen LogP contribution in [0.2, 0.25) is 0 Å². The Balaban J connectivity index is 2.18. The molecule has 0 amide bonds. The lowest BCUT2D eigenvalue weighted by Crippen LogP contribution is -1.99. The summed E-state index contributed by atoms with van der Waals surface area (Å²) in [5.74, 6) is 0. The number of hydrogen-bond donors (Lipinski definition) is 0. The van der Waals surface area contributed by atoms with E-state index in [0.29, 0.717) is 0 Å². The molecule has 1 aromatic carbocycles. The molecule has 0 spiro atoms. The first-order valence-electron chi connectivity index (χ1n) is 4.47. The molecule has 3 heteroatoms. The van der Waals surface area contributed by atoms with E-state index in [1.165, 1.54) is 11.1 Å². The summed E-state index contributed by atoms with van der Waals surface area (Å²) in [6, 6.07) is 8.46. The topological polar surface area (TPSA) is 17.8 Å². The monoisotopic (exact) mass is 250 g/mol. The Labute approximate surface area is 91.7 Å². The molecular weight excluding hydrogens is 240 g/mol. The molecule has 2 aromatic rings. The van der Waals surface area contributed by atoms with Crippen LogP contribution in [-0.4, -0.2) is 9.78 Å². The molecule has 0 saturated heterocycles. The van der Waals surface area contributed by atoms with Crippen molar-refractivity contribution in [2.24, 2.45) is 0 Å². The highest BCUT2D eigenvalue weighted by Crippen LogP contribution is 2.09. The Hall–Kier alpha value is -1.09. The molecule has 2 nitrogen and oxygen atoms in total. The molecule has 0 aliphatic rings. The van der Waals surface area contributed by atoms with Gasteiger partial charge in [-0.25, -0.2) is 0 Å². The van der Waals surface area contributed by atoms with E-state index in [9.17, 15) is 0 Å². The van der Waals surface area contributed by atoms with E-state index in [0.717, 1.165) is 11.0 Å². The average molecular weight is 251 g/mol. The van der Waals surface area contributed by atoms with Crippen molar-refractivity contribution in [2.45, 2.75) is 13.5 Å². The quantitative estimate of drug-likeness (QED) is 0.802. The van der Waals surface area contributed by atoms with E-state index >= 15 is 0 Å². The van der Waals surface area contributed by atoms with Crippen LogP contribution >= 0.6 is 15.9 Å². The lowest BCUT2D eigenvalue weighted by Gasteiger charge is -2.02. The zero-order valence-corrected chi connectivity index (χ0v) is 9.53. The van der Waals surface area contributed by atoms with Gasteiger partial charge in [0.2, 0.25) is 0 Å². The van der Waals surface area contributed by atoms with Crippen LogP contribution in [0.4, 0.5) is 0 Å². The number of aromatic nitrogens is 2. The van der Waals surface area contributed by atoms with Gasteiger partial charge in [-0.05, 0) is 28.4 Å². The summed E-state index contributed by atoms with van der Waals surface area (Å²) in [6.07, 6.45) is 3.78. The Morgan fingerprint density at radius 2 is 2.29 bits per heavy atom. The fraction of sp³-hybridized carbons (Fsp3) is 0.182. The van der Waals surface area contributed by atoms with Gasteiger partial charge >= 0.3 is 0 Å². The molecule has 0 bridgehead atoms. The second kappa shape index (κ2) is 3.96. The number of nitrogens with zero attached hydrogens (tertiary/aromatic N) is 2. The molecule has 1 heterocycles. The maximum absolute atomic E-state index is 4.21.